The number of Topliss-reactive ketones (excluding diaryl/α,β-unsaturated/α-hetero) is 1. The van der Waals surface area contributed by atoms with Gasteiger partial charge in [0.1, 0.15) is 13.4 Å². The van der Waals surface area contributed by atoms with E-state index in [9.17, 15) is 9.90 Å². The summed E-state index contributed by atoms with van der Waals surface area (Å²) in [5.41, 5.74) is 0. The van der Waals surface area contributed by atoms with Gasteiger partial charge in [-0.2, -0.15) is 0 Å². The monoisotopic (exact) mass is 448 g/mol. The predicted octanol–water partition coefficient (Wildman–Crippen LogP) is 3.92. The number of methoxy groups -OCH3 is 2. The van der Waals surface area contributed by atoms with Gasteiger partial charge in [-0.1, -0.05) is 44.6 Å². The van der Waals surface area contributed by atoms with E-state index in [2.05, 4.69) is 0 Å². The zero-order valence-corrected chi connectivity index (χ0v) is 15.0. The van der Waals surface area contributed by atoms with Crippen LogP contribution in [-0.2, 0) is 33.3 Å². The Morgan fingerprint density at radius 1 is 0.767 bits per heavy atom. The smallest absolute Gasteiger partial charge is 0.155 e. The van der Waals surface area contributed by atoms with Gasteiger partial charge in [-0.3, -0.25) is 4.79 Å². The quantitative estimate of drug-likeness (QED) is 0.355. The second-order valence-corrected chi connectivity index (χ2v) is 5.11. The number of hydrogen-bond acceptors (Lipinski definition) is 8. The van der Waals surface area contributed by atoms with Gasteiger partial charge >= 0.3 is 0 Å². The Morgan fingerprint density at radius 2 is 1.17 bits per heavy atom. The standard InChI is InChI=1S/C15H30O7.CH2O.6CH4/c1-13(16)9-22-12-15(17)8-14(10-20-6-4-18-2)11-21-7-5-19-3;1-2;;;;;;/h14-15,17H,4-12H2,1-3H3;1H2;6*1H4. The normalized spacial score (nSPS) is 9.50. The van der Waals surface area contributed by atoms with Gasteiger partial charge in [-0.05, 0) is 13.3 Å². The van der Waals surface area contributed by atoms with Crippen molar-refractivity contribution in [2.24, 2.45) is 5.92 Å². The van der Waals surface area contributed by atoms with Crippen molar-refractivity contribution in [2.75, 3.05) is 67.1 Å². The molecule has 0 saturated heterocycles. The Labute approximate surface area is 188 Å². The molecule has 30 heavy (non-hydrogen) atoms. The number of carbonyl (C=O) groups is 2. The van der Waals surface area contributed by atoms with Crippen molar-refractivity contribution in [3.8, 4) is 0 Å². The summed E-state index contributed by atoms with van der Waals surface area (Å²) in [6.45, 7) is 6.61. The molecule has 0 amide bonds. The third kappa shape index (κ3) is 41.5. The summed E-state index contributed by atoms with van der Waals surface area (Å²) in [5, 5.41) is 9.94. The number of carbonyl (C=O) groups excluding carboxylic acids is 2. The molecule has 8 heteroatoms. The average molecular weight is 449 g/mol. The summed E-state index contributed by atoms with van der Waals surface area (Å²) >= 11 is 0. The van der Waals surface area contributed by atoms with Crippen molar-refractivity contribution in [3.05, 3.63) is 0 Å². The second-order valence-electron chi connectivity index (χ2n) is 5.11. The van der Waals surface area contributed by atoms with Crippen LogP contribution in [0.3, 0.4) is 0 Å². The summed E-state index contributed by atoms with van der Waals surface area (Å²) in [6, 6.07) is 0. The zero-order chi connectivity index (χ0) is 18.6. The highest BCUT2D eigenvalue weighted by Gasteiger charge is 2.16. The van der Waals surface area contributed by atoms with E-state index in [0.717, 1.165) is 0 Å². The van der Waals surface area contributed by atoms with E-state index in [0.29, 0.717) is 46.1 Å². The molecular weight excluding hydrogens is 392 g/mol. The highest BCUT2D eigenvalue weighted by atomic mass is 16.5. The summed E-state index contributed by atoms with van der Waals surface area (Å²) in [5.74, 6) is -0.0146. The van der Waals surface area contributed by atoms with Gasteiger partial charge in [0.2, 0.25) is 0 Å². The molecule has 0 saturated carbocycles. The van der Waals surface area contributed by atoms with Crippen LogP contribution in [0.2, 0.25) is 0 Å². The number of ether oxygens (including phenoxy) is 5. The molecule has 0 spiro atoms. The van der Waals surface area contributed by atoms with Crippen molar-refractivity contribution in [1.29, 1.82) is 0 Å². The Bertz CT molecular complexity index is 266. The summed E-state index contributed by atoms with van der Waals surface area (Å²) < 4.78 is 26.0. The number of ketones is 1. The molecule has 0 aliphatic rings. The maximum Gasteiger partial charge on any atom is 0.155 e. The number of hydrogen-bond donors (Lipinski definition) is 1. The molecule has 0 rings (SSSR count). The number of rotatable bonds is 16. The topological polar surface area (TPSA) is 101 Å². The molecule has 0 fully saturated rings. The molecule has 1 atom stereocenters. The van der Waals surface area contributed by atoms with Crippen LogP contribution in [0, 0.1) is 5.92 Å². The van der Waals surface area contributed by atoms with E-state index >= 15 is 0 Å². The summed E-state index contributed by atoms with van der Waals surface area (Å²) in [4.78, 5) is 18.8. The van der Waals surface area contributed by atoms with Crippen molar-refractivity contribution in [3.63, 3.8) is 0 Å². The largest absolute Gasteiger partial charge is 0.391 e. The maximum atomic E-state index is 10.8. The van der Waals surface area contributed by atoms with Gasteiger partial charge in [0, 0.05) is 20.1 Å². The van der Waals surface area contributed by atoms with Gasteiger partial charge in [-0.25, -0.2) is 0 Å². The Hall–Kier alpha value is -0.900. The minimum absolute atomic E-state index is 0. The maximum absolute atomic E-state index is 10.8. The summed E-state index contributed by atoms with van der Waals surface area (Å²) in [7, 11) is 3.23. The highest BCUT2D eigenvalue weighted by molar-refractivity contribution is 5.76. The second kappa shape index (κ2) is 42.3. The minimum Gasteiger partial charge on any atom is -0.391 e. The van der Waals surface area contributed by atoms with Crippen LogP contribution in [0.15, 0.2) is 0 Å². The van der Waals surface area contributed by atoms with Crippen LogP contribution in [0.4, 0.5) is 0 Å². The lowest BCUT2D eigenvalue weighted by Gasteiger charge is -2.20. The Kier molecular flexibility index (Phi) is 72.7. The van der Waals surface area contributed by atoms with E-state index in [1.54, 1.807) is 14.2 Å². The number of aliphatic hydroxyl groups excluding tert-OH is 1. The first kappa shape index (κ1) is 51.6. The Morgan fingerprint density at radius 3 is 1.50 bits per heavy atom. The van der Waals surface area contributed by atoms with Crippen LogP contribution in [0.5, 0.6) is 0 Å². The molecule has 0 aromatic heterocycles. The van der Waals surface area contributed by atoms with Crippen LogP contribution in [0.25, 0.3) is 0 Å². The van der Waals surface area contributed by atoms with Crippen LogP contribution in [0.1, 0.15) is 57.9 Å². The first-order valence-electron chi connectivity index (χ1n) is 7.77. The summed E-state index contributed by atoms with van der Waals surface area (Å²) in [6.07, 6.45) is -0.167. The molecule has 0 radical (unpaired) electrons. The molecule has 0 heterocycles. The highest BCUT2D eigenvalue weighted by Crippen LogP contribution is 2.09. The SMILES string of the molecule is C.C.C.C.C.C.C=O.COCCOCC(COCCOC)CC(O)COCC(C)=O. The van der Waals surface area contributed by atoms with Gasteiger partial charge < -0.3 is 33.6 Å². The molecule has 192 valence electrons. The van der Waals surface area contributed by atoms with Crippen molar-refractivity contribution >= 4 is 12.6 Å². The van der Waals surface area contributed by atoms with Crippen LogP contribution in [-0.4, -0.2) is 90.9 Å². The minimum atomic E-state index is -0.651. The van der Waals surface area contributed by atoms with E-state index in [4.69, 9.17) is 28.5 Å². The third-order valence-corrected chi connectivity index (χ3v) is 2.79. The fourth-order valence-electron chi connectivity index (χ4n) is 1.76. The fraction of sp³-hybridized carbons (Fsp3) is 0.909. The Balaban J connectivity index is -0.0000000976. The molecule has 0 aromatic rings. The number of aliphatic hydroxyl groups is 1. The van der Waals surface area contributed by atoms with E-state index in [-0.39, 0.29) is 69.5 Å². The molecule has 0 aliphatic heterocycles. The molecule has 0 aromatic carbocycles. The van der Waals surface area contributed by atoms with E-state index in [1.807, 2.05) is 6.79 Å². The zero-order valence-electron chi connectivity index (χ0n) is 15.0. The van der Waals surface area contributed by atoms with Crippen molar-refractivity contribution in [1.82, 2.24) is 0 Å². The lowest BCUT2D eigenvalue weighted by atomic mass is 10.0. The molecular formula is C22H56O8. The first-order chi connectivity index (χ1) is 11.6. The van der Waals surface area contributed by atoms with Crippen molar-refractivity contribution in [2.45, 2.75) is 64.0 Å². The molecule has 8 nitrogen and oxygen atoms in total. The van der Waals surface area contributed by atoms with Crippen LogP contribution < -0.4 is 0 Å². The van der Waals surface area contributed by atoms with E-state index < -0.39 is 6.10 Å². The lowest BCUT2D eigenvalue weighted by molar-refractivity contribution is -0.122. The molecule has 0 bridgehead atoms. The lowest BCUT2D eigenvalue weighted by Crippen LogP contribution is -2.27. The third-order valence-electron chi connectivity index (χ3n) is 2.79. The predicted molar refractivity (Wildman–Crippen MR) is 129 cm³/mol. The van der Waals surface area contributed by atoms with Crippen molar-refractivity contribution < 1.29 is 38.4 Å². The van der Waals surface area contributed by atoms with E-state index in [1.165, 1.54) is 6.92 Å². The average Bonchev–Trinajstić information content (AvgIpc) is 2.56. The molecule has 1 N–H and O–H groups in total. The van der Waals surface area contributed by atoms with Gasteiger partial charge in [0.15, 0.2) is 5.78 Å². The fourth-order valence-corrected chi connectivity index (χ4v) is 1.76. The molecule has 0 aliphatic carbocycles. The molecule has 1 unspecified atom stereocenters. The van der Waals surface area contributed by atoms with Gasteiger partial charge in [-0.15, -0.1) is 0 Å². The van der Waals surface area contributed by atoms with Gasteiger partial charge in [0.25, 0.3) is 0 Å². The first-order valence-corrected chi connectivity index (χ1v) is 7.77. The van der Waals surface area contributed by atoms with Gasteiger partial charge in [0.05, 0.1) is 52.4 Å². The van der Waals surface area contributed by atoms with Crippen LogP contribution >= 0.6 is 0 Å².